The lowest BCUT2D eigenvalue weighted by atomic mass is 9.96. The van der Waals surface area contributed by atoms with E-state index in [1.807, 2.05) is 13.4 Å². The van der Waals surface area contributed by atoms with Gasteiger partial charge in [-0.25, -0.2) is 4.98 Å². The SMILES string of the molecule is CNCC1CCCn2cnc(Br)c21. The minimum atomic E-state index is 0.621. The molecule has 0 radical (unpaired) electrons. The van der Waals surface area contributed by atoms with Crippen LogP contribution >= 0.6 is 15.9 Å². The highest BCUT2D eigenvalue weighted by Gasteiger charge is 2.22. The van der Waals surface area contributed by atoms with Crippen LogP contribution in [0.15, 0.2) is 10.9 Å². The van der Waals surface area contributed by atoms with Gasteiger partial charge < -0.3 is 9.88 Å². The monoisotopic (exact) mass is 243 g/mol. The van der Waals surface area contributed by atoms with E-state index in [4.69, 9.17) is 0 Å². The maximum absolute atomic E-state index is 4.28. The van der Waals surface area contributed by atoms with E-state index in [2.05, 4.69) is 30.8 Å². The Labute approximate surface area is 86.7 Å². The molecule has 1 aliphatic heterocycles. The molecule has 0 bridgehead atoms. The second-order valence-corrected chi connectivity index (χ2v) is 4.26. The van der Waals surface area contributed by atoms with Crippen molar-refractivity contribution in [2.75, 3.05) is 13.6 Å². The number of nitrogens with one attached hydrogen (secondary N) is 1. The summed E-state index contributed by atoms with van der Waals surface area (Å²) in [6, 6.07) is 0. The number of halogens is 1. The summed E-state index contributed by atoms with van der Waals surface area (Å²) in [5.74, 6) is 0.621. The van der Waals surface area contributed by atoms with E-state index in [0.717, 1.165) is 17.7 Å². The number of rotatable bonds is 2. The van der Waals surface area contributed by atoms with Gasteiger partial charge in [0.1, 0.15) is 4.60 Å². The van der Waals surface area contributed by atoms with Crippen molar-refractivity contribution in [3.05, 3.63) is 16.6 Å². The Hall–Kier alpha value is -0.350. The highest BCUT2D eigenvalue weighted by Crippen LogP contribution is 2.31. The van der Waals surface area contributed by atoms with Crippen LogP contribution in [0.4, 0.5) is 0 Å². The van der Waals surface area contributed by atoms with Gasteiger partial charge in [-0.1, -0.05) is 0 Å². The Morgan fingerprint density at radius 3 is 3.38 bits per heavy atom. The Kier molecular flexibility index (Phi) is 2.69. The average molecular weight is 244 g/mol. The zero-order chi connectivity index (χ0) is 9.26. The minimum absolute atomic E-state index is 0.621. The molecule has 1 unspecified atom stereocenters. The van der Waals surface area contributed by atoms with Crippen molar-refractivity contribution in [3.8, 4) is 0 Å². The van der Waals surface area contributed by atoms with E-state index in [0.29, 0.717) is 5.92 Å². The standard InChI is InChI=1S/C9H14BrN3/c1-11-5-7-3-2-4-13-6-12-9(10)8(7)13/h6-7,11H,2-5H2,1H3. The zero-order valence-electron chi connectivity index (χ0n) is 7.76. The van der Waals surface area contributed by atoms with Gasteiger partial charge in [-0.2, -0.15) is 0 Å². The van der Waals surface area contributed by atoms with E-state index >= 15 is 0 Å². The van der Waals surface area contributed by atoms with E-state index in [1.165, 1.54) is 18.5 Å². The van der Waals surface area contributed by atoms with Crippen LogP contribution in [0.1, 0.15) is 24.5 Å². The Bertz CT molecular complexity index is 295. The molecule has 0 saturated heterocycles. The normalized spacial score (nSPS) is 21.5. The van der Waals surface area contributed by atoms with Crippen molar-refractivity contribution in [3.63, 3.8) is 0 Å². The number of imidazole rings is 1. The van der Waals surface area contributed by atoms with E-state index in [1.54, 1.807) is 0 Å². The fraction of sp³-hybridized carbons (Fsp3) is 0.667. The Balaban J connectivity index is 2.29. The molecule has 72 valence electrons. The fourth-order valence-electron chi connectivity index (χ4n) is 2.04. The smallest absolute Gasteiger partial charge is 0.127 e. The molecule has 2 rings (SSSR count). The van der Waals surface area contributed by atoms with Crippen LogP contribution in [0.5, 0.6) is 0 Å². The molecule has 3 nitrogen and oxygen atoms in total. The lowest BCUT2D eigenvalue weighted by Crippen LogP contribution is -2.23. The molecule has 13 heavy (non-hydrogen) atoms. The van der Waals surface area contributed by atoms with Crippen molar-refractivity contribution in [2.45, 2.75) is 25.3 Å². The average Bonchev–Trinajstić information content (AvgIpc) is 2.50. The number of hydrogen-bond acceptors (Lipinski definition) is 2. The highest BCUT2D eigenvalue weighted by atomic mass is 79.9. The molecule has 0 amide bonds. The summed E-state index contributed by atoms with van der Waals surface area (Å²) < 4.78 is 3.28. The van der Waals surface area contributed by atoms with Gasteiger partial charge in [-0.3, -0.25) is 0 Å². The zero-order valence-corrected chi connectivity index (χ0v) is 9.34. The highest BCUT2D eigenvalue weighted by molar-refractivity contribution is 9.10. The molecular weight excluding hydrogens is 230 g/mol. The summed E-state index contributed by atoms with van der Waals surface area (Å²) in [7, 11) is 2.00. The van der Waals surface area contributed by atoms with Gasteiger partial charge in [0.2, 0.25) is 0 Å². The molecule has 1 atom stereocenters. The van der Waals surface area contributed by atoms with Gasteiger partial charge in [0, 0.05) is 19.0 Å². The Morgan fingerprint density at radius 2 is 2.62 bits per heavy atom. The number of hydrogen-bond donors (Lipinski definition) is 1. The maximum atomic E-state index is 4.28. The number of aromatic nitrogens is 2. The molecule has 4 heteroatoms. The summed E-state index contributed by atoms with van der Waals surface area (Å²) in [4.78, 5) is 4.28. The van der Waals surface area contributed by atoms with Gasteiger partial charge in [-0.15, -0.1) is 0 Å². The van der Waals surface area contributed by atoms with E-state index in [9.17, 15) is 0 Å². The van der Waals surface area contributed by atoms with Gasteiger partial charge in [-0.05, 0) is 35.8 Å². The molecule has 1 aromatic rings. The predicted molar refractivity (Wildman–Crippen MR) is 55.8 cm³/mol. The first-order chi connectivity index (χ1) is 6.33. The molecule has 1 aliphatic rings. The summed E-state index contributed by atoms with van der Waals surface area (Å²) >= 11 is 3.50. The first kappa shape index (κ1) is 9.21. The van der Waals surface area contributed by atoms with Crippen molar-refractivity contribution >= 4 is 15.9 Å². The van der Waals surface area contributed by atoms with Crippen LogP contribution < -0.4 is 5.32 Å². The van der Waals surface area contributed by atoms with Crippen LogP contribution in [-0.4, -0.2) is 23.1 Å². The molecule has 0 saturated carbocycles. The lowest BCUT2D eigenvalue weighted by Gasteiger charge is -2.24. The van der Waals surface area contributed by atoms with Crippen molar-refractivity contribution < 1.29 is 0 Å². The second-order valence-electron chi connectivity index (χ2n) is 3.51. The van der Waals surface area contributed by atoms with Gasteiger partial charge in [0.15, 0.2) is 0 Å². The summed E-state index contributed by atoms with van der Waals surface area (Å²) in [5.41, 5.74) is 1.36. The van der Waals surface area contributed by atoms with Crippen LogP contribution in [0.25, 0.3) is 0 Å². The van der Waals surface area contributed by atoms with Crippen molar-refractivity contribution in [1.29, 1.82) is 0 Å². The third-order valence-corrected chi connectivity index (χ3v) is 3.23. The van der Waals surface area contributed by atoms with E-state index < -0.39 is 0 Å². The van der Waals surface area contributed by atoms with Crippen molar-refractivity contribution in [2.24, 2.45) is 0 Å². The quantitative estimate of drug-likeness (QED) is 0.858. The number of likely N-dealkylation sites (N-methyl/N-ethyl adjacent to an activating group) is 1. The lowest BCUT2D eigenvalue weighted by molar-refractivity contribution is 0.441. The van der Waals surface area contributed by atoms with Gasteiger partial charge >= 0.3 is 0 Å². The minimum Gasteiger partial charge on any atom is -0.333 e. The van der Waals surface area contributed by atoms with Crippen LogP contribution in [-0.2, 0) is 6.54 Å². The first-order valence-corrected chi connectivity index (χ1v) is 5.47. The van der Waals surface area contributed by atoms with E-state index in [-0.39, 0.29) is 0 Å². The van der Waals surface area contributed by atoms with Gasteiger partial charge in [0.05, 0.1) is 12.0 Å². The first-order valence-electron chi connectivity index (χ1n) is 4.68. The summed E-state index contributed by atoms with van der Waals surface area (Å²) in [5, 5.41) is 3.23. The number of aryl methyl sites for hydroxylation is 1. The summed E-state index contributed by atoms with van der Waals surface area (Å²) in [6.07, 6.45) is 4.47. The van der Waals surface area contributed by atoms with Crippen LogP contribution in [0.2, 0.25) is 0 Å². The van der Waals surface area contributed by atoms with Crippen LogP contribution in [0.3, 0.4) is 0 Å². The van der Waals surface area contributed by atoms with Gasteiger partial charge in [0.25, 0.3) is 0 Å². The molecule has 0 spiro atoms. The van der Waals surface area contributed by atoms with Crippen molar-refractivity contribution in [1.82, 2.24) is 14.9 Å². The largest absolute Gasteiger partial charge is 0.333 e. The molecule has 0 aliphatic carbocycles. The molecule has 2 heterocycles. The maximum Gasteiger partial charge on any atom is 0.127 e. The van der Waals surface area contributed by atoms with Crippen LogP contribution in [0, 0.1) is 0 Å². The molecular formula is C9H14BrN3. The number of nitrogens with zero attached hydrogens (tertiary/aromatic N) is 2. The molecule has 0 aromatic carbocycles. The predicted octanol–water partition coefficient (Wildman–Crippen LogP) is 1.74. The molecule has 1 N–H and O–H groups in total. The third-order valence-electron chi connectivity index (χ3n) is 2.62. The Morgan fingerprint density at radius 1 is 1.77 bits per heavy atom. The summed E-state index contributed by atoms with van der Waals surface area (Å²) in [6.45, 7) is 2.17. The second kappa shape index (κ2) is 3.80. The molecule has 1 aromatic heterocycles. The topological polar surface area (TPSA) is 29.9 Å². The number of fused-ring (bicyclic) bond motifs is 1. The molecule has 0 fully saturated rings. The third kappa shape index (κ3) is 1.65. The fourth-order valence-corrected chi connectivity index (χ4v) is 2.68.